The third kappa shape index (κ3) is 2.28. The smallest absolute Gasteiger partial charge is 0.153 e. The van der Waals surface area contributed by atoms with Crippen molar-refractivity contribution < 1.29 is 0 Å². The van der Waals surface area contributed by atoms with Gasteiger partial charge in [0, 0.05) is 10.6 Å². The first-order valence-electron chi connectivity index (χ1n) is 6.32. The molecule has 2 aromatic carbocycles. The van der Waals surface area contributed by atoms with E-state index in [1.54, 1.807) is 0 Å². The third-order valence-corrected chi connectivity index (χ3v) is 3.41. The Labute approximate surface area is 122 Å². The summed E-state index contributed by atoms with van der Waals surface area (Å²) in [7, 11) is 0. The van der Waals surface area contributed by atoms with Crippen LogP contribution in [0.4, 0.5) is 5.82 Å². The lowest BCUT2D eigenvalue weighted by Gasteiger charge is -2.06. The molecule has 0 saturated heterocycles. The molecule has 1 aromatic heterocycles. The summed E-state index contributed by atoms with van der Waals surface area (Å²) >= 11 is 6.14. The van der Waals surface area contributed by atoms with Gasteiger partial charge in [0.2, 0.25) is 0 Å². The van der Waals surface area contributed by atoms with Crippen molar-refractivity contribution >= 4 is 17.4 Å². The summed E-state index contributed by atoms with van der Waals surface area (Å²) in [5, 5.41) is 7.85. The molecule has 0 aliphatic rings. The molecule has 3 N–H and O–H groups in total. The Balaban J connectivity index is 2.21. The molecule has 0 amide bonds. The highest BCUT2D eigenvalue weighted by Gasteiger charge is 2.15. The molecule has 0 unspecified atom stereocenters. The summed E-state index contributed by atoms with van der Waals surface area (Å²) in [4.78, 5) is 0. The quantitative estimate of drug-likeness (QED) is 0.737. The lowest BCUT2D eigenvalue weighted by atomic mass is 10.00. The van der Waals surface area contributed by atoms with E-state index in [2.05, 4.69) is 16.3 Å². The van der Waals surface area contributed by atoms with Gasteiger partial charge >= 0.3 is 0 Å². The molecule has 100 valence electrons. The lowest BCUT2D eigenvalue weighted by Crippen LogP contribution is -1.89. The van der Waals surface area contributed by atoms with Crippen LogP contribution in [-0.2, 0) is 0 Å². The number of anilines is 1. The molecule has 1 heterocycles. The number of rotatable bonds is 2. The largest absolute Gasteiger partial charge is 0.382 e. The van der Waals surface area contributed by atoms with Crippen LogP contribution in [0.2, 0.25) is 5.02 Å². The Morgan fingerprint density at radius 3 is 2.50 bits per heavy atom. The summed E-state index contributed by atoms with van der Waals surface area (Å²) in [6.07, 6.45) is 0. The molecule has 3 aromatic rings. The number of nitrogen functional groups attached to an aromatic ring is 1. The average molecular weight is 284 g/mol. The van der Waals surface area contributed by atoms with E-state index in [0.29, 0.717) is 10.8 Å². The first-order chi connectivity index (χ1) is 9.65. The average Bonchev–Trinajstić information content (AvgIpc) is 2.80. The second-order valence-electron chi connectivity index (χ2n) is 4.74. The fourth-order valence-corrected chi connectivity index (χ4v) is 2.63. The molecule has 0 saturated carbocycles. The number of benzene rings is 2. The van der Waals surface area contributed by atoms with Gasteiger partial charge in [0.15, 0.2) is 5.82 Å². The number of hydrogen-bond acceptors (Lipinski definition) is 2. The van der Waals surface area contributed by atoms with E-state index in [0.717, 1.165) is 27.9 Å². The van der Waals surface area contributed by atoms with Crippen molar-refractivity contribution in [1.82, 2.24) is 10.2 Å². The van der Waals surface area contributed by atoms with Crippen molar-refractivity contribution in [1.29, 1.82) is 0 Å². The van der Waals surface area contributed by atoms with Crippen LogP contribution in [0.1, 0.15) is 5.56 Å². The van der Waals surface area contributed by atoms with Gasteiger partial charge in [-0.3, -0.25) is 5.10 Å². The van der Waals surface area contributed by atoms with Crippen LogP contribution in [0.3, 0.4) is 0 Å². The minimum absolute atomic E-state index is 0.490. The highest BCUT2D eigenvalue weighted by atomic mass is 35.5. The van der Waals surface area contributed by atoms with Crippen LogP contribution in [0.5, 0.6) is 0 Å². The molecular weight excluding hydrogens is 270 g/mol. The van der Waals surface area contributed by atoms with Crippen LogP contribution >= 0.6 is 11.6 Å². The van der Waals surface area contributed by atoms with Crippen LogP contribution in [0.15, 0.2) is 48.5 Å². The van der Waals surface area contributed by atoms with E-state index in [-0.39, 0.29) is 0 Å². The van der Waals surface area contributed by atoms with Gasteiger partial charge in [0.05, 0.1) is 11.3 Å². The molecule has 3 rings (SSSR count). The van der Waals surface area contributed by atoms with E-state index in [1.165, 1.54) is 0 Å². The van der Waals surface area contributed by atoms with Gasteiger partial charge in [-0.15, -0.1) is 0 Å². The molecule has 0 radical (unpaired) electrons. The minimum Gasteiger partial charge on any atom is -0.382 e. The molecule has 4 heteroatoms. The topological polar surface area (TPSA) is 54.7 Å². The minimum atomic E-state index is 0.490. The van der Waals surface area contributed by atoms with Crippen LogP contribution < -0.4 is 5.73 Å². The van der Waals surface area contributed by atoms with Crippen molar-refractivity contribution in [3.63, 3.8) is 0 Å². The van der Waals surface area contributed by atoms with Gasteiger partial charge < -0.3 is 5.73 Å². The van der Waals surface area contributed by atoms with Gasteiger partial charge in [-0.05, 0) is 36.2 Å². The molecule has 3 nitrogen and oxygen atoms in total. The number of nitrogens with two attached hydrogens (primary N) is 1. The van der Waals surface area contributed by atoms with Crippen molar-refractivity contribution in [2.24, 2.45) is 0 Å². The van der Waals surface area contributed by atoms with Crippen molar-refractivity contribution in [3.05, 3.63) is 59.1 Å². The van der Waals surface area contributed by atoms with Crippen molar-refractivity contribution in [3.8, 4) is 22.4 Å². The predicted molar refractivity (Wildman–Crippen MR) is 83.6 cm³/mol. The van der Waals surface area contributed by atoms with Crippen LogP contribution in [0, 0.1) is 6.92 Å². The molecular formula is C16H14ClN3. The predicted octanol–water partition coefficient (Wildman–Crippen LogP) is 4.29. The molecule has 0 spiro atoms. The van der Waals surface area contributed by atoms with E-state index in [9.17, 15) is 0 Å². The number of halogens is 1. The van der Waals surface area contributed by atoms with Gasteiger partial charge in [-0.1, -0.05) is 41.9 Å². The van der Waals surface area contributed by atoms with Crippen molar-refractivity contribution in [2.45, 2.75) is 6.92 Å². The van der Waals surface area contributed by atoms with Gasteiger partial charge in [-0.25, -0.2) is 0 Å². The number of aromatic nitrogens is 2. The normalized spacial score (nSPS) is 10.7. The zero-order valence-corrected chi connectivity index (χ0v) is 11.8. The SMILES string of the molecule is Cc1cc(Cl)cc(-c2[nH]nc(N)c2-c2ccccc2)c1. The summed E-state index contributed by atoms with van der Waals surface area (Å²) < 4.78 is 0. The highest BCUT2D eigenvalue weighted by Crippen LogP contribution is 2.35. The molecule has 20 heavy (non-hydrogen) atoms. The number of hydrogen-bond donors (Lipinski definition) is 2. The summed E-state index contributed by atoms with van der Waals surface area (Å²) in [6, 6.07) is 15.9. The molecule has 0 fully saturated rings. The number of H-pyrrole nitrogens is 1. The summed E-state index contributed by atoms with van der Waals surface area (Å²) in [5.41, 5.74) is 10.9. The van der Waals surface area contributed by atoms with Gasteiger partial charge in [0.25, 0.3) is 0 Å². The maximum atomic E-state index is 6.14. The molecule has 0 atom stereocenters. The van der Waals surface area contributed by atoms with Gasteiger partial charge in [-0.2, -0.15) is 5.10 Å². The van der Waals surface area contributed by atoms with E-state index >= 15 is 0 Å². The third-order valence-electron chi connectivity index (χ3n) is 3.19. The number of aryl methyl sites for hydroxylation is 1. The standard InChI is InChI=1S/C16H14ClN3/c1-10-7-12(9-13(17)8-10)15-14(16(18)20-19-15)11-5-3-2-4-6-11/h2-9H,1H3,(H3,18,19,20). The second kappa shape index (κ2) is 5.02. The first-order valence-corrected chi connectivity index (χ1v) is 6.70. The zero-order chi connectivity index (χ0) is 14.1. The molecule has 0 bridgehead atoms. The molecule has 0 aliphatic heterocycles. The number of nitrogens with zero attached hydrogens (tertiary/aromatic N) is 1. The maximum Gasteiger partial charge on any atom is 0.153 e. The summed E-state index contributed by atoms with van der Waals surface area (Å²) in [5.74, 6) is 0.490. The zero-order valence-electron chi connectivity index (χ0n) is 11.0. The lowest BCUT2D eigenvalue weighted by molar-refractivity contribution is 1.10. The maximum absolute atomic E-state index is 6.14. The first kappa shape index (κ1) is 12.8. The Bertz CT molecular complexity index is 727. The van der Waals surface area contributed by atoms with E-state index < -0.39 is 0 Å². The Kier molecular flexibility index (Phi) is 3.20. The van der Waals surface area contributed by atoms with Crippen LogP contribution in [0.25, 0.3) is 22.4 Å². The van der Waals surface area contributed by atoms with E-state index in [1.807, 2.05) is 49.4 Å². The Morgan fingerprint density at radius 2 is 1.80 bits per heavy atom. The van der Waals surface area contributed by atoms with Crippen molar-refractivity contribution in [2.75, 3.05) is 5.73 Å². The van der Waals surface area contributed by atoms with Crippen LogP contribution in [-0.4, -0.2) is 10.2 Å². The Hall–Kier alpha value is -2.26. The molecule has 0 aliphatic carbocycles. The monoisotopic (exact) mass is 283 g/mol. The highest BCUT2D eigenvalue weighted by molar-refractivity contribution is 6.31. The van der Waals surface area contributed by atoms with E-state index in [4.69, 9.17) is 17.3 Å². The number of nitrogens with one attached hydrogen (secondary N) is 1. The summed E-state index contributed by atoms with van der Waals surface area (Å²) in [6.45, 7) is 2.01. The number of aromatic amines is 1. The second-order valence-corrected chi connectivity index (χ2v) is 5.18. The van der Waals surface area contributed by atoms with Gasteiger partial charge in [0.1, 0.15) is 0 Å². The fraction of sp³-hybridized carbons (Fsp3) is 0.0625. The Morgan fingerprint density at radius 1 is 1.05 bits per heavy atom. The fourth-order valence-electron chi connectivity index (χ4n) is 2.34.